The molecule has 2 rings (SSSR count). The number of hydrogen-bond donors (Lipinski definition) is 2. The first-order valence-corrected chi connectivity index (χ1v) is 6.68. The summed E-state index contributed by atoms with van der Waals surface area (Å²) in [7, 11) is 1.69. The lowest BCUT2D eigenvalue weighted by molar-refractivity contribution is -0.125. The zero-order chi connectivity index (χ0) is 13.8. The van der Waals surface area contributed by atoms with Gasteiger partial charge in [-0.05, 0) is 37.0 Å². The van der Waals surface area contributed by atoms with Gasteiger partial charge in [0.1, 0.15) is 5.82 Å². The normalized spacial score (nSPS) is 16.5. The average Bonchev–Trinajstić information content (AvgIpc) is 2.46. The Balaban J connectivity index is 2.03. The number of piperidine rings is 1. The summed E-state index contributed by atoms with van der Waals surface area (Å²) >= 11 is 0. The highest BCUT2D eigenvalue weighted by Gasteiger charge is 2.25. The second kappa shape index (κ2) is 6.02. The maximum absolute atomic E-state index is 11.6. The van der Waals surface area contributed by atoms with E-state index in [-0.39, 0.29) is 18.4 Å². The van der Waals surface area contributed by atoms with E-state index in [1.807, 2.05) is 13.0 Å². The average molecular weight is 263 g/mol. The van der Waals surface area contributed by atoms with E-state index in [1.165, 1.54) is 0 Å². The van der Waals surface area contributed by atoms with Crippen molar-refractivity contribution in [2.75, 3.05) is 25.0 Å². The molecule has 0 spiro atoms. The van der Waals surface area contributed by atoms with Gasteiger partial charge in [0, 0.05) is 32.3 Å². The van der Waals surface area contributed by atoms with Gasteiger partial charge in [-0.15, -0.1) is 0 Å². The molecule has 1 fully saturated rings. The van der Waals surface area contributed by atoms with Crippen LogP contribution in [0.4, 0.5) is 5.82 Å². The molecule has 1 aromatic rings. The second-order valence-electron chi connectivity index (χ2n) is 5.02. The lowest BCUT2D eigenvalue weighted by Gasteiger charge is -2.32. The van der Waals surface area contributed by atoms with Gasteiger partial charge in [-0.2, -0.15) is 0 Å². The topological polar surface area (TPSA) is 65.5 Å². The molecule has 0 saturated carbocycles. The summed E-state index contributed by atoms with van der Waals surface area (Å²) in [5.41, 5.74) is 1.91. The molecule has 0 atom stereocenters. The Morgan fingerprint density at radius 3 is 2.74 bits per heavy atom. The largest absolute Gasteiger partial charge is 0.392 e. The van der Waals surface area contributed by atoms with Crippen LogP contribution < -0.4 is 10.2 Å². The molecule has 0 aromatic carbocycles. The number of carbonyl (C=O) groups is 1. The molecular formula is C14H21N3O2. The smallest absolute Gasteiger partial charge is 0.222 e. The molecule has 1 saturated heterocycles. The Hall–Kier alpha value is -1.62. The zero-order valence-electron chi connectivity index (χ0n) is 11.5. The third-order valence-corrected chi connectivity index (χ3v) is 3.70. The first-order valence-electron chi connectivity index (χ1n) is 6.68. The lowest BCUT2D eigenvalue weighted by Crippen LogP contribution is -2.40. The standard InChI is InChI=1S/C14H21N3O2/c1-10-7-11(9-18)8-16-13(10)17-5-3-12(4-6-17)14(19)15-2/h7-8,12,18H,3-6,9H2,1-2H3,(H,15,19). The van der Waals surface area contributed by atoms with Crippen molar-refractivity contribution in [2.24, 2.45) is 5.92 Å². The predicted molar refractivity (Wildman–Crippen MR) is 73.9 cm³/mol. The SMILES string of the molecule is CNC(=O)C1CCN(c2ncc(CO)cc2C)CC1. The van der Waals surface area contributed by atoms with Crippen molar-refractivity contribution in [2.45, 2.75) is 26.4 Å². The van der Waals surface area contributed by atoms with Crippen molar-refractivity contribution in [3.05, 3.63) is 23.4 Å². The number of carbonyl (C=O) groups excluding carboxylic acids is 1. The molecule has 5 heteroatoms. The maximum atomic E-state index is 11.6. The highest BCUT2D eigenvalue weighted by atomic mass is 16.3. The molecule has 0 unspecified atom stereocenters. The third kappa shape index (κ3) is 3.04. The van der Waals surface area contributed by atoms with E-state index in [9.17, 15) is 4.79 Å². The molecular weight excluding hydrogens is 242 g/mol. The second-order valence-corrected chi connectivity index (χ2v) is 5.02. The number of anilines is 1. The minimum atomic E-state index is 0.0207. The zero-order valence-corrected chi connectivity index (χ0v) is 11.5. The number of amides is 1. The van der Waals surface area contributed by atoms with Crippen molar-refractivity contribution >= 4 is 11.7 Å². The Morgan fingerprint density at radius 2 is 2.21 bits per heavy atom. The third-order valence-electron chi connectivity index (χ3n) is 3.70. The van der Waals surface area contributed by atoms with E-state index in [0.717, 1.165) is 42.9 Å². The molecule has 1 aliphatic rings. The number of nitrogens with one attached hydrogen (secondary N) is 1. The number of aryl methyl sites for hydroxylation is 1. The Bertz CT molecular complexity index is 454. The van der Waals surface area contributed by atoms with Crippen LogP contribution in [-0.2, 0) is 11.4 Å². The summed E-state index contributed by atoms with van der Waals surface area (Å²) in [6.07, 6.45) is 3.44. The molecule has 1 amide bonds. The summed E-state index contributed by atoms with van der Waals surface area (Å²) in [4.78, 5) is 18.2. The van der Waals surface area contributed by atoms with Gasteiger partial charge in [0.2, 0.25) is 5.91 Å². The first-order chi connectivity index (χ1) is 9.15. The van der Waals surface area contributed by atoms with Crippen molar-refractivity contribution in [3.8, 4) is 0 Å². The van der Waals surface area contributed by atoms with Crippen LogP contribution >= 0.6 is 0 Å². The van der Waals surface area contributed by atoms with Crippen LogP contribution in [0.2, 0.25) is 0 Å². The monoisotopic (exact) mass is 263 g/mol. The lowest BCUT2D eigenvalue weighted by atomic mass is 9.95. The highest BCUT2D eigenvalue weighted by Crippen LogP contribution is 2.24. The number of hydrogen-bond acceptors (Lipinski definition) is 4. The van der Waals surface area contributed by atoms with Gasteiger partial charge < -0.3 is 15.3 Å². The molecule has 2 heterocycles. The fourth-order valence-electron chi connectivity index (χ4n) is 2.60. The highest BCUT2D eigenvalue weighted by molar-refractivity contribution is 5.78. The maximum Gasteiger partial charge on any atom is 0.222 e. The molecule has 0 bridgehead atoms. The molecule has 1 aliphatic heterocycles. The first kappa shape index (κ1) is 13.8. The number of pyridine rings is 1. The van der Waals surface area contributed by atoms with Crippen LogP contribution in [0.5, 0.6) is 0 Å². The molecule has 2 N–H and O–H groups in total. The molecule has 19 heavy (non-hydrogen) atoms. The molecule has 5 nitrogen and oxygen atoms in total. The minimum Gasteiger partial charge on any atom is -0.392 e. The summed E-state index contributed by atoms with van der Waals surface area (Å²) < 4.78 is 0. The van der Waals surface area contributed by atoms with Gasteiger partial charge in [-0.25, -0.2) is 4.98 Å². The van der Waals surface area contributed by atoms with E-state index >= 15 is 0 Å². The predicted octanol–water partition coefficient (Wildman–Crippen LogP) is 0.845. The van der Waals surface area contributed by atoms with Gasteiger partial charge >= 0.3 is 0 Å². The summed E-state index contributed by atoms with van der Waals surface area (Å²) in [6.45, 7) is 3.73. The van der Waals surface area contributed by atoms with Gasteiger partial charge in [0.25, 0.3) is 0 Å². The summed E-state index contributed by atoms with van der Waals surface area (Å²) in [5.74, 6) is 1.23. The van der Waals surface area contributed by atoms with Crippen LogP contribution in [-0.4, -0.2) is 36.1 Å². The van der Waals surface area contributed by atoms with Crippen LogP contribution in [0.1, 0.15) is 24.0 Å². The van der Waals surface area contributed by atoms with Gasteiger partial charge in [-0.1, -0.05) is 0 Å². The van der Waals surface area contributed by atoms with Crippen molar-refractivity contribution in [1.82, 2.24) is 10.3 Å². The van der Waals surface area contributed by atoms with Crippen LogP contribution in [0.3, 0.4) is 0 Å². The minimum absolute atomic E-state index is 0.0207. The fraction of sp³-hybridized carbons (Fsp3) is 0.571. The van der Waals surface area contributed by atoms with Crippen molar-refractivity contribution in [1.29, 1.82) is 0 Å². The molecule has 0 radical (unpaired) electrons. The van der Waals surface area contributed by atoms with Crippen molar-refractivity contribution in [3.63, 3.8) is 0 Å². The van der Waals surface area contributed by atoms with E-state index in [1.54, 1.807) is 13.2 Å². The molecule has 104 valence electrons. The number of aliphatic hydroxyl groups excluding tert-OH is 1. The van der Waals surface area contributed by atoms with E-state index in [0.29, 0.717) is 0 Å². The van der Waals surface area contributed by atoms with Crippen LogP contribution in [0, 0.1) is 12.8 Å². The Labute approximate surface area is 113 Å². The number of aliphatic hydroxyl groups is 1. The Kier molecular flexibility index (Phi) is 4.37. The Morgan fingerprint density at radius 1 is 1.53 bits per heavy atom. The van der Waals surface area contributed by atoms with Crippen molar-refractivity contribution < 1.29 is 9.90 Å². The van der Waals surface area contributed by atoms with Crippen LogP contribution in [0.15, 0.2) is 12.3 Å². The number of rotatable bonds is 3. The van der Waals surface area contributed by atoms with E-state index in [2.05, 4.69) is 15.2 Å². The fourth-order valence-corrected chi connectivity index (χ4v) is 2.60. The van der Waals surface area contributed by atoms with E-state index < -0.39 is 0 Å². The summed E-state index contributed by atoms with van der Waals surface area (Å²) in [6, 6.07) is 1.97. The van der Waals surface area contributed by atoms with E-state index in [4.69, 9.17) is 5.11 Å². The number of nitrogens with zero attached hydrogens (tertiary/aromatic N) is 2. The van der Waals surface area contributed by atoms with Crippen LogP contribution in [0.25, 0.3) is 0 Å². The molecule has 0 aliphatic carbocycles. The molecule has 1 aromatic heterocycles. The summed E-state index contributed by atoms with van der Waals surface area (Å²) in [5, 5.41) is 11.8. The quantitative estimate of drug-likeness (QED) is 0.848. The number of aromatic nitrogens is 1. The van der Waals surface area contributed by atoms with Gasteiger partial charge in [-0.3, -0.25) is 4.79 Å². The van der Waals surface area contributed by atoms with Gasteiger partial charge in [0.15, 0.2) is 0 Å². The van der Waals surface area contributed by atoms with Gasteiger partial charge in [0.05, 0.1) is 6.61 Å².